The lowest BCUT2D eigenvalue weighted by Crippen LogP contribution is -2.34. The van der Waals surface area contributed by atoms with E-state index in [4.69, 9.17) is 4.74 Å². The molecule has 1 unspecified atom stereocenters. The van der Waals surface area contributed by atoms with Crippen LogP contribution in [0.2, 0.25) is 0 Å². The summed E-state index contributed by atoms with van der Waals surface area (Å²) in [6, 6.07) is 2.46. The van der Waals surface area contributed by atoms with Crippen LogP contribution in [0.25, 0.3) is 0 Å². The molecule has 1 aromatic heterocycles. The number of ether oxygens (including phenoxy) is 1. The van der Waals surface area contributed by atoms with E-state index in [2.05, 4.69) is 16.4 Å². The second-order valence-corrected chi connectivity index (χ2v) is 2.73. The first-order chi connectivity index (χ1) is 5.47. The van der Waals surface area contributed by atoms with Crippen molar-refractivity contribution >= 4 is 0 Å². The van der Waals surface area contributed by atoms with E-state index in [-0.39, 0.29) is 0 Å². The number of aromatic amines is 1. The molecule has 1 aliphatic heterocycles. The molecule has 11 heavy (non-hydrogen) atoms. The average molecular weight is 152 g/mol. The van der Waals surface area contributed by atoms with Crippen LogP contribution in [0.4, 0.5) is 0 Å². The molecule has 0 aromatic carbocycles. The molecule has 2 N–H and O–H groups in total. The Hall–Kier alpha value is -0.800. The zero-order valence-corrected chi connectivity index (χ0v) is 6.34. The Balaban J connectivity index is 2.04. The Morgan fingerprint density at radius 3 is 3.18 bits per heavy atom. The minimum absolute atomic E-state index is 0.384. The predicted molar refractivity (Wildman–Crippen MR) is 42.4 cm³/mol. The topological polar surface area (TPSA) is 37.0 Å². The monoisotopic (exact) mass is 152 g/mol. The van der Waals surface area contributed by atoms with Crippen LogP contribution in [0.1, 0.15) is 11.6 Å². The lowest BCUT2D eigenvalue weighted by Gasteiger charge is -2.22. The second-order valence-electron chi connectivity index (χ2n) is 2.73. The van der Waals surface area contributed by atoms with Crippen molar-refractivity contribution in [1.29, 1.82) is 0 Å². The lowest BCUT2D eigenvalue weighted by atomic mass is 10.1. The van der Waals surface area contributed by atoms with Gasteiger partial charge in [-0.25, -0.2) is 0 Å². The van der Waals surface area contributed by atoms with Crippen molar-refractivity contribution in [3.05, 3.63) is 24.0 Å². The van der Waals surface area contributed by atoms with E-state index < -0.39 is 0 Å². The summed E-state index contributed by atoms with van der Waals surface area (Å²) in [6.07, 6.45) is 3.94. The molecule has 0 bridgehead atoms. The van der Waals surface area contributed by atoms with Gasteiger partial charge < -0.3 is 15.0 Å². The molecule has 0 radical (unpaired) electrons. The maximum absolute atomic E-state index is 5.33. The Bertz CT molecular complexity index is 202. The zero-order valence-electron chi connectivity index (χ0n) is 6.34. The molecule has 2 heterocycles. The van der Waals surface area contributed by atoms with Gasteiger partial charge in [0.2, 0.25) is 0 Å². The maximum atomic E-state index is 5.33. The Morgan fingerprint density at radius 2 is 2.55 bits per heavy atom. The number of nitrogens with one attached hydrogen (secondary N) is 2. The Labute approximate surface area is 65.8 Å². The molecule has 2 rings (SSSR count). The third-order valence-electron chi connectivity index (χ3n) is 1.95. The summed E-state index contributed by atoms with van der Waals surface area (Å²) in [7, 11) is 0. The minimum atomic E-state index is 0.384. The lowest BCUT2D eigenvalue weighted by molar-refractivity contribution is 0.0769. The summed E-state index contributed by atoms with van der Waals surface area (Å²) >= 11 is 0. The number of hydrogen-bond donors (Lipinski definition) is 2. The van der Waals surface area contributed by atoms with Crippen LogP contribution in [0, 0.1) is 0 Å². The van der Waals surface area contributed by atoms with Gasteiger partial charge in [0.1, 0.15) is 0 Å². The van der Waals surface area contributed by atoms with E-state index in [9.17, 15) is 0 Å². The number of morpholine rings is 1. The zero-order chi connectivity index (χ0) is 7.52. The number of rotatable bonds is 1. The van der Waals surface area contributed by atoms with Crippen LogP contribution < -0.4 is 5.32 Å². The van der Waals surface area contributed by atoms with Crippen LogP contribution in [0.3, 0.4) is 0 Å². The van der Waals surface area contributed by atoms with Crippen molar-refractivity contribution in [2.24, 2.45) is 0 Å². The first-order valence-corrected chi connectivity index (χ1v) is 3.90. The fraction of sp³-hybridized carbons (Fsp3) is 0.500. The van der Waals surface area contributed by atoms with E-state index >= 15 is 0 Å². The standard InChI is InChI=1S/C8H12N2O/c1-2-9-5-7(1)8-6-11-4-3-10-8/h1-2,5,8-10H,3-4,6H2. The highest BCUT2D eigenvalue weighted by molar-refractivity contribution is 5.14. The second kappa shape index (κ2) is 3.07. The first-order valence-electron chi connectivity index (χ1n) is 3.90. The smallest absolute Gasteiger partial charge is 0.0662 e. The number of aromatic nitrogens is 1. The first kappa shape index (κ1) is 6.88. The molecule has 0 aliphatic carbocycles. The van der Waals surface area contributed by atoms with Gasteiger partial charge in [-0.05, 0) is 11.6 Å². The normalized spacial score (nSPS) is 25.3. The molecule has 1 aromatic rings. The van der Waals surface area contributed by atoms with E-state index in [0.29, 0.717) is 6.04 Å². The van der Waals surface area contributed by atoms with Gasteiger partial charge in [-0.1, -0.05) is 0 Å². The van der Waals surface area contributed by atoms with Crippen LogP contribution >= 0.6 is 0 Å². The SMILES string of the molecule is c1cc(C2COCCN2)c[nH]1. The fourth-order valence-electron chi connectivity index (χ4n) is 1.33. The molecular formula is C8H12N2O. The summed E-state index contributed by atoms with van der Waals surface area (Å²) in [5, 5.41) is 3.38. The van der Waals surface area contributed by atoms with Gasteiger partial charge in [0, 0.05) is 18.9 Å². The van der Waals surface area contributed by atoms with Crippen LogP contribution in [-0.4, -0.2) is 24.7 Å². The summed E-state index contributed by atoms with van der Waals surface area (Å²) < 4.78 is 5.33. The summed E-state index contributed by atoms with van der Waals surface area (Å²) in [5.41, 5.74) is 1.28. The van der Waals surface area contributed by atoms with Gasteiger partial charge in [0.15, 0.2) is 0 Å². The molecule has 3 nitrogen and oxygen atoms in total. The highest BCUT2D eigenvalue weighted by Gasteiger charge is 2.14. The van der Waals surface area contributed by atoms with E-state index in [1.807, 2.05) is 12.4 Å². The van der Waals surface area contributed by atoms with Gasteiger partial charge in [0.05, 0.1) is 19.3 Å². The number of H-pyrrole nitrogens is 1. The van der Waals surface area contributed by atoms with Crippen molar-refractivity contribution in [3.8, 4) is 0 Å². The number of hydrogen-bond acceptors (Lipinski definition) is 2. The van der Waals surface area contributed by atoms with Gasteiger partial charge in [-0.3, -0.25) is 0 Å². The van der Waals surface area contributed by atoms with Gasteiger partial charge in [-0.2, -0.15) is 0 Å². The maximum Gasteiger partial charge on any atom is 0.0662 e. The molecule has 0 spiro atoms. The molecule has 1 aliphatic rings. The van der Waals surface area contributed by atoms with Crippen molar-refractivity contribution in [2.45, 2.75) is 6.04 Å². The molecule has 0 amide bonds. The Kier molecular flexibility index (Phi) is 1.92. The van der Waals surface area contributed by atoms with Crippen LogP contribution in [0.15, 0.2) is 18.5 Å². The third kappa shape index (κ3) is 1.44. The summed E-state index contributed by atoms with van der Waals surface area (Å²) in [4.78, 5) is 3.03. The molecular weight excluding hydrogens is 140 g/mol. The fourth-order valence-corrected chi connectivity index (χ4v) is 1.33. The van der Waals surface area contributed by atoms with Gasteiger partial charge >= 0.3 is 0 Å². The average Bonchev–Trinajstić information content (AvgIpc) is 2.58. The van der Waals surface area contributed by atoms with Crippen LogP contribution in [0.5, 0.6) is 0 Å². The molecule has 1 atom stereocenters. The summed E-state index contributed by atoms with van der Waals surface area (Å²) in [5.74, 6) is 0. The quantitative estimate of drug-likeness (QED) is 0.620. The molecule has 1 fully saturated rings. The minimum Gasteiger partial charge on any atom is -0.378 e. The van der Waals surface area contributed by atoms with Crippen molar-refractivity contribution in [2.75, 3.05) is 19.8 Å². The van der Waals surface area contributed by atoms with Crippen molar-refractivity contribution in [1.82, 2.24) is 10.3 Å². The molecule has 1 saturated heterocycles. The van der Waals surface area contributed by atoms with Crippen molar-refractivity contribution in [3.63, 3.8) is 0 Å². The van der Waals surface area contributed by atoms with E-state index in [1.165, 1.54) is 5.56 Å². The molecule has 60 valence electrons. The third-order valence-corrected chi connectivity index (χ3v) is 1.95. The molecule has 3 heteroatoms. The van der Waals surface area contributed by atoms with E-state index in [0.717, 1.165) is 19.8 Å². The van der Waals surface area contributed by atoms with Crippen LogP contribution in [-0.2, 0) is 4.74 Å². The predicted octanol–water partition coefficient (Wildman–Crippen LogP) is 0.676. The van der Waals surface area contributed by atoms with E-state index in [1.54, 1.807) is 0 Å². The van der Waals surface area contributed by atoms with Gasteiger partial charge in [-0.15, -0.1) is 0 Å². The Morgan fingerprint density at radius 1 is 1.55 bits per heavy atom. The van der Waals surface area contributed by atoms with Crippen molar-refractivity contribution < 1.29 is 4.74 Å². The molecule has 0 saturated carbocycles. The van der Waals surface area contributed by atoms with Gasteiger partial charge in [0.25, 0.3) is 0 Å². The summed E-state index contributed by atoms with van der Waals surface area (Å²) in [6.45, 7) is 2.58. The largest absolute Gasteiger partial charge is 0.378 e. The highest BCUT2D eigenvalue weighted by Crippen LogP contribution is 2.13. The highest BCUT2D eigenvalue weighted by atomic mass is 16.5.